The molecule has 0 aromatic rings. The van der Waals surface area contributed by atoms with Crippen molar-refractivity contribution >= 4 is 43.5 Å². The van der Waals surface area contributed by atoms with Crippen LogP contribution in [0.1, 0.15) is 0 Å². The van der Waals surface area contributed by atoms with Gasteiger partial charge in [0.2, 0.25) is 0 Å². The molecule has 0 N–H and O–H groups in total. The Kier molecular flexibility index (Phi) is 4.69. The number of aliphatic imine (C=N–C) groups is 1. The van der Waals surface area contributed by atoms with Crippen LogP contribution in [-0.4, -0.2) is 44.0 Å². The SMILES string of the molecule is C1=NCCS1.[BiH3]. The van der Waals surface area contributed by atoms with Crippen LogP contribution in [0, 0.1) is 0 Å². The van der Waals surface area contributed by atoms with Crippen LogP contribution in [-0.2, 0) is 0 Å². The Bertz CT molecular complexity index is 48.8. The van der Waals surface area contributed by atoms with Crippen LogP contribution >= 0.6 is 11.8 Å². The van der Waals surface area contributed by atoms with Crippen LogP contribution in [0.2, 0.25) is 0 Å². The maximum absolute atomic E-state index is 3.92. The first-order chi connectivity index (χ1) is 2.50. The van der Waals surface area contributed by atoms with E-state index < -0.39 is 0 Å². The Balaban J connectivity index is 0.000000250. The first kappa shape index (κ1) is 6.90. The van der Waals surface area contributed by atoms with Gasteiger partial charge in [0.15, 0.2) is 0 Å². The van der Waals surface area contributed by atoms with Crippen molar-refractivity contribution in [3.8, 4) is 0 Å². The number of hydrogen-bond acceptors (Lipinski definition) is 2. The van der Waals surface area contributed by atoms with Gasteiger partial charge in [-0.05, 0) is 0 Å². The fraction of sp³-hybridized carbons (Fsp3) is 0.667. The molecular weight excluding hydrogens is 291 g/mol. The summed E-state index contributed by atoms with van der Waals surface area (Å²) in [6.07, 6.45) is 0. The monoisotopic (exact) mass is 299 g/mol. The van der Waals surface area contributed by atoms with Gasteiger partial charge in [-0.25, -0.2) is 0 Å². The van der Waals surface area contributed by atoms with Gasteiger partial charge in [0.25, 0.3) is 0 Å². The molecule has 0 fully saturated rings. The summed E-state index contributed by atoms with van der Waals surface area (Å²) in [5.41, 5.74) is 1.90. The summed E-state index contributed by atoms with van der Waals surface area (Å²) in [5, 5.41) is 0. The zero-order valence-corrected chi connectivity index (χ0v) is 9.87. The molecule has 3 heteroatoms. The normalized spacial score (nSPS) is 17.3. The third-order valence-corrected chi connectivity index (χ3v) is 1.20. The molecule has 0 saturated heterocycles. The van der Waals surface area contributed by atoms with Gasteiger partial charge >= 0.3 is 26.2 Å². The molecule has 1 rings (SSSR count). The number of hydrogen-bond donors (Lipinski definition) is 0. The standard InChI is InChI=1S/C3H5NS.Bi.3H/c1-2-5-3-4-1;;;;/h3H,1-2H2;;;;. The molecule has 0 unspecified atom stereocenters. The molecule has 1 aliphatic rings. The molecule has 0 aromatic carbocycles. The third kappa shape index (κ3) is 2.14. The van der Waals surface area contributed by atoms with Crippen molar-refractivity contribution in [2.24, 2.45) is 4.99 Å². The second kappa shape index (κ2) is 4.07. The fourth-order valence-corrected chi connectivity index (χ4v) is 0.791. The molecule has 0 spiro atoms. The van der Waals surface area contributed by atoms with E-state index in [4.69, 9.17) is 0 Å². The van der Waals surface area contributed by atoms with E-state index in [-0.39, 0.29) is 26.2 Å². The average Bonchev–Trinajstić information content (AvgIpc) is 1.76. The van der Waals surface area contributed by atoms with E-state index in [0.717, 1.165) is 6.54 Å². The van der Waals surface area contributed by atoms with Crippen molar-refractivity contribution in [3.63, 3.8) is 0 Å². The third-order valence-electron chi connectivity index (χ3n) is 0.487. The molecule has 0 bridgehead atoms. The summed E-state index contributed by atoms with van der Waals surface area (Å²) in [6.45, 7) is 1.03. The Morgan fingerprint density at radius 3 is 2.67 bits per heavy atom. The van der Waals surface area contributed by atoms with Crippen molar-refractivity contribution in [1.82, 2.24) is 0 Å². The van der Waals surface area contributed by atoms with Gasteiger partial charge in [-0.3, -0.25) is 4.99 Å². The number of nitrogens with zero attached hydrogens (tertiary/aromatic N) is 1. The van der Waals surface area contributed by atoms with Crippen LogP contribution < -0.4 is 0 Å². The molecular formula is C3H8BiNS. The minimum atomic E-state index is 0. The molecule has 0 aromatic heterocycles. The second-order valence-corrected chi connectivity index (χ2v) is 1.83. The Labute approximate surface area is 60.7 Å². The second-order valence-electron chi connectivity index (χ2n) is 0.882. The number of thioether (sulfide) groups is 1. The summed E-state index contributed by atoms with van der Waals surface area (Å²) in [4.78, 5) is 3.92. The molecule has 1 heterocycles. The first-order valence-corrected chi connectivity index (χ1v) is 2.65. The molecule has 0 aliphatic carbocycles. The van der Waals surface area contributed by atoms with Gasteiger partial charge < -0.3 is 0 Å². The quantitative estimate of drug-likeness (QED) is 0.553. The van der Waals surface area contributed by atoms with Crippen LogP contribution in [0.15, 0.2) is 4.99 Å². The van der Waals surface area contributed by atoms with E-state index in [9.17, 15) is 0 Å². The van der Waals surface area contributed by atoms with Crippen LogP contribution in [0.5, 0.6) is 0 Å². The fourth-order valence-electron chi connectivity index (χ4n) is 0.264. The van der Waals surface area contributed by atoms with E-state index in [1.165, 1.54) is 5.75 Å². The van der Waals surface area contributed by atoms with E-state index in [1.807, 2.05) is 5.55 Å². The Morgan fingerprint density at radius 1 is 1.67 bits per heavy atom. The van der Waals surface area contributed by atoms with Gasteiger partial charge in [0, 0.05) is 12.3 Å². The first-order valence-electron chi connectivity index (χ1n) is 1.60. The van der Waals surface area contributed by atoms with Crippen molar-refractivity contribution in [2.45, 2.75) is 0 Å². The zero-order chi connectivity index (χ0) is 3.54. The van der Waals surface area contributed by atoms with Crippen LogP contribution in [0.25, 0.3) is 0 Å². The average molecular weight is 299 g/mol. The van der Waals surface area contributed by atoms with Crippen molar-refractivity contribution in [2.75, 3.05) is 12.3 Å². The van der Waals surface area contributed by atoms with Crippen molar-refractivity contribution in [3.05, 3.63) is 0 Å². The number of rotatable bonds is 0. The molecule has 6 heavy (non-hydrogen) atoms. The Hall–Kier alpha value is 0.903. The van der Waals surface area contributed by atoms with E-state index in [0.29, 0.717) is 0 Å². The molecule has 36 valence electrons. The summed E-state index contributed by atoms with van der Waals surface area (Å²) < 4.78 is 0. The van der Waals surface area contributed by atoms with Gasteiger partial charge in [0.05, 0.1) is 5.55 Å². The predicted molar refractivity (Wildman–Crippen MR) is 35.8 cm³/mol. The molecule has 0 saturated carbocycles. The van der Waals surface area contributed by atoms with Crippen molar-refractivity contribution < 1.29 is 0 Å². The minimum absolute atomic E-state index is 0. The van der Waals surface area contributed by atoms with E-state index in [2.05, 4.69) is 4.99 Å². The van der Waals surface area contributed by atoms with Crippen LogP contribution in [0.3, 0.4) is 0 Å². The molecule has 1 aliphatic heterocycles. The van der Waals surface area contributed by atoms with Gasteiger partial charge in [0.1, 0.15) is 0 Å². The molecule has 1 nitrogen and oxygen atoms in total. The topological polar surface area (TPSA) is 12.4 Å². The van der Waals surface area contributed by atoms with Crippen molar-refractivity contribution in [1.29, 1.82) is 0 Å². The van der Waals surface area contributed by atoms with E-state index in [1.54, 1.807) is 11.8 Å². The summed E-state index contributed by atoms with van der Waals surface area (Å²) in [6, 6.07) is 0. The predicted octanol–water partition coefficient (Wildman–Crippen LogP) is -0.422. The summed E-state index contributed by atoms with van der Waals surface area (Å²) in [7, 11) is 0. The molecule has 0 radical (unpaired) electrons. The van der Waals surface area contributed by atoms with Gasteiger partial charge in [-0.15, -0.1) is 11.8 Å². The van der Waals surface area contributed by atoms with E-state index >= 15 is 0 Å². The van der Waals surface area contributed by atoms with Crippen LogP contribution in [0.4, 0.5) is 0 Å². The molecule has 0 atom stereocenters. The Morgan fingerprint density at radius 2 is 2.50 bits per heavy atom. The maximum atomic E-state index is 3.92. The van der Waals surface area contributed by atoms with Gasteiger partial charge in [-0.2, -0.15) is 0 Å². The van der Waals surface area contributed by atoms with Gasteiger partial charge in [-0.1, -0.05) is 0 Å². The molecule has 0 amide bonds. The summed E-state index contributed by atoms with van der Waals surface area (Å²) in [5.74, 6) is 1.19. The summed E-state index contributed by atoms with van der Waals surface area (Å²) >= 11 is 1.78. The zero-order valence-electron chi connectivity index (χ0n) is 3.55.